The van der Waals surface area contributed by atoms with Crippen molar-refractivity contribution >= 4 is 5.96 Å². The second kappa shape index (κ2) is 10.8. The third-order valence-corrected chi connectivity index (χ3v) is 5.21. The zero-order valence-corrected chi connectivity index (χ0v) is 17.7. The first-order chi connectivity index (χ1) is 14.2. The molecule has 2 aromatic rings. The van der Waals surface area contributed by atoms with Gasteiger partial charge in [-0.25, -0.2) is 0 Å². The van der Waals surface area contributed by atoms with E-state index in [1.54, 1.807) is 7.05 Å². The lowest BCUT2D eigenvalue weighted by Gasteiger charge is -2.17. The average Bonchev–Trinajstić information content (AvgIpc) is 3.25. The van der Waals surface area contributed by atoms with Crippen molar-refractivity contribution in [3.63, 3.8) is 0 Å². The van der Waals surface area contributed by atoms with Crippen molar-refractivity contribution in [3.8, 4) is 5.75 Å². The van der Waals surface area contributed by atoms with E-state index in [2.05, 4.69) is 58.7 Å². The summed E-state index contributed by atoms with van der Waals surface area (Å²) < 4.78 is 11.6. The Balaban J connectivity index is 1.51. The molecule has 1 aromatic heterocycles. The molecular weight excluding hydrogens is 364 g/mol. The quantitative estimate of drug-likeness (QED) is 0.530. The predicted octanol–water partition coefficient (Wildman–Crippen LogP) is 3.02. The van der Waals surface area contributed by atoms with Crippen LogP contribution in [0.25, 0.3) is 0 Å². The first-order valence-corrected chi connectivity index (χ1v) is 10.3. The molecule has 2 N–H and O–H groups in total. The number of ether oxygens (including phenoxy) is 2. The summed E-state index contributed by atoms with van der Waals surface area (Å²) in [5.74, 6) is 2.21. The molecule has 1 fully saturated rings. The Morgan fingerprint density at radius 1 is 1.24 bits per heavy atom. The zero-order valence-electron chi connectivity index (χ0n) is 17.7. The minimum atomic E-state index is 0.488. The molecule has 0 saturated carbocycles. The fourth-order valence-electron chi connectivity index (χ4n) is 3.36. The summed E-state index contributed by atoms with van der Waals surface area (Å²) in [6.07, 6.45) is 5.75. The maximum atomic E-state index is 6.13. The minimum Gasteiger partial charge on any atom is -0.493 e. The number of guanidine groups is 1. The van der Waals surface area contributed by atoms with Crippen LogP contribution in [0.3, 0.4) is 0 Å². The summed E-state index contributed by atoms with van der Waals surface area (Å²) in [6.45, 7) is 7.99. The van der Waals surface area contributed by atoms with Crippen LogP contribution in [0.5, 0.6) is 5.75 Å². The van der Waals surface area contributed by atoms with Crippen molar-refractivity contribution in [2.45, 2.75) is 33.2 Å². The van der Waals surface area contributed by atoms with Crippen LogP contribution in [0.4, 0.5) is 0 Å². The Morgan fingerprint density at radius 3 is 2.90 bits per heavy atom. The topological polar surface area (TPSA) is 67.8 Å². The lowest BCUT2D eigenvalue weighted by molar-refractivity contribution is 0.166. The number of aliphatic imine (C=N–C) groups is 1. The third-order valence-electron chi connectivity index (χ3n) is 5.21. The van der Waals surface area contributed by atoms with Gasteiger partial charge in [0, 0.05) is 50.6 Å². The lowest BCUT2D eigenvalue weighted by Crippen LogP contribution is -2.38. The molecule has 0 aliphatic carbocycles. The van der Waals surface area contributed by atoms with Gasteiger partial charge in [-0.2, -0.15) is 0 Å². The van der Waals surface area contributed by atoms with Crippen molar-refractivity contribution in [2.24, 2.45) is 10.9 Å². The second-order valence-electron chi connectivity index (χ2n) is 7.56. The van der Waals surface area contributed by atoms with Gasteiger partial charge in [-0.1, -0.05) is 12.1 Å². The molecule has 29 heavy (non-hydrogen) atoms. The van der Waals surface area contributed by atoms with Gasteiger partial charge in [0.15, 0.2) is 5.96 Å². The number of benzene rings is 1. The number of nitrogens with zero attached hydrogens (tertiary/aromatic N) is 2. The van der Waals surface area contributed by atoms with Crippen molar-refractivity contribution in [3.05, 3.63) is 58.9 Å². The number of pyridine rings is 1. The molecule has 0 bridgehead atoms. The van der Waals surface area contributed by atoms with E-state index >= 15 is 0 Å². The normalized spacial score (nSPS) is 16.7. The summed E-state index contributed by atoms with van der Waals surface area (Å²) in [5.41, 5.74) is 4.84. The van der Waals surface area contributed by atoms with E-state index in [4.69, 9.17) is 9.47 Å². The largest absolute Gasteiger partial charge is 0.493 e. The highest BCUT2D eigenvalue weighted by molar-refractivity contribution is 5.79. The van der Waals surface area contributed by atoms with Gasteiger partial charge in [-0.15, -0.1) is 0 Å². The van der Waals surface area contributed by atoms with Crippen LogP contribution in [0.1, 0.15) is 28.7 Å². The maximum Gasteiger partial charge on any atom is 0.191 e. The molecular formula is C23H32N4O2. The summed E-state index contributed by atoms with van der Waals surface area (Å²) in [5, 5.41) is 6.78. The second-order valence-corrected chi connectivity index (χ2v) is 7.56. The van der Waals surface area contributed by atoms with Gasteiger partial charge in [0.05, 0.1) is 13.2 Å². The number of aryl methyl sites for hydroxylation is 2. The maximum absolute atomic E-state index is 6.13. The Labute approximate surface area is 173 Å². The van der Waals surface area contributed by atoms with E-state index in [9.17, 15) is 0 Å². The fourth-order valence-corrected chi connectivity index (χ4v) is 3.36. The van der Waals surface area contributed by atoms with E-state index in [0.717, 1.165) is 49.9 Å². The third kappa shape index (κ3) is 6.46. The van der Waals surface area contributed by atoms with Crippen LogP contribution < -0.4 is 15.4 Å². The van der Waals surface area contributed by atoms with E-state index in [1.165, 1.54) is 16.7 Å². The molecule has 156 valence electrons. The van der Waals surface area contributed by atoms with E-state index in [1.807, 2.05) is 12.4 Å². The highest BCUT2D eigenvalue weighted by Crippen LogP contribution is 2.22. The Kier molecular flexibility index (Phi) is 7.87. The van der Waals surface area contributed by atoms with Gasteiger partial charge in [-0.3, -0.25) is 9.98 Å². The van der Waals surface area contributed by atoms with Crippen LogP contribution >= 0.6 is 0 Å². The number of rotatable bonds is 8. The van der Waals surface area contributed by atoms with Crippen molar-refractivity contribution in [2.75, 3.05) is 33.4 Å². The minimum absolute atomic E-state index is 0.488. The summed E-state index contributed by atoms with van der Waals surface area (Å²) in [6, 6.07) is 8.41. The molecule has 2 heterocycles. The number of nitrogens with one attached hydrogen (secondary N) is 2. The molecule has 0 spiro atoms. The standard InChI is InChI=1S/C23H32N4O2/c1-17-4-5-21(22(12-17)29-16-19-8-11-28-15-19)14-27-23(24-3)26-10-7-20-6-9-25-13-18(20)2/h4-6,9,12-13,19H,7-8,10-11,14-16H2,1-3H3,(H2,24,26,27). The van der Waals surface area contributed by atoms with Crippen molar-refractivity contribution in [1.29, 1.82) is 0 Å². The van der Waals surface area contributed by atoms with Crippen molar-refractivity contribution in [1.82, 2.24) is 15.6 Å². The average molecular weight is 397 g/mol. The molecule has 0 radical (unpaired) electrons. The van der Waals surface area contributed by atoms with Crippen LogP contribution in [0.15, 0.2) is 41.7 Å². The highest BCUT2D eigenvalue weighted by atomic mass is 16.5. The monoisotopic (exact) mass is 396 g/mol. The number of aromatic nitrogens is 1. The molecule has 1 aromatic carbocycles. The first kappa shape index (κ1) is 21.1. The number of hydrogen-bond donors (Lipinski definition) is 2. The molecule has 1 atom stereocenters. The first-order valence-electron chi connectivity index (χ1n) is 10.3. The number of hydrogen-bond acceptors (Lipinski definition) is 4. The van der Waals surface area contributed by atoms with Gasteiger partial charge in [0.2, 0.25) is 0 Å². The van der Waals surface area contributed by atoms with Crippen LogP contribution in [0.2, 0.25) is 0 Å². The van der Waals surface area contributed by atoms with E-state index in [-0.39, 0.29) is 0 Å². The molecule has 6 heteroatoms. The molecule has 6 nitrogen and oxygen atoms in total. The molecule has 1 aliphatic rings. The van der Waals surface area contributed by atoms with Crippen LogP contribution in [-0.2, 0) is 17.7 Å². The van der Waals surface area contributed by atoms with Gasteiger partial charge < -0.3 is 20.1 Å². The molecule has 1 aliphatic heterocycles. The van der Waals surface area contributed by atoms with Gasteiger partial charge >= 0.3 is 0 Å². The molecule has 0 amide bonds. The SMILES string of the molecule is CN=C(NCCc1ccncc1C)NCc1ccc(C)cc1OCC1CCOC1. The van der Waals surface area contributed by atoms with Crippen molar-refractivity contribution < 1.29 is 9.47 Å². The highest BCUT2D eigenvalue weighted by Gasteiger charge is 2.17. The van der Waals surface area contributed by atoms with Gasteiger partial charge in [0.1, 0.15) is 5.75 Å². The Hall–Kier alpha value is -2.60. The van der Waals surface area contributed by atoms with E-state index < -0.39 is 0 Å². The Morgan fingerprint density at radius 2 is 2.14 bits per heavy atom. The van der Waals surface area contributed by atoms with Gasteiger partial charge in [0.25, 0.3) is 0 Å². The summed E-state index contributed by atoms with van der Waals surface area (Å²) >= 11 is 0. The van der Waals surface area contributed by atoms with E-state index in [0.29, 0.717) is 19.1 Å². The molecule has 1 unspecified atom stereocenters. The predicted molar refractivity (Wildman–Crippen MR) is 116 cm³/mol. The molecule has 1 saturated heterocycles. The lowest BCUT2D eigenvalue weighted by atomic mass is 10.1. The Bertz CT molecular complexity index is 816. The van der Waals surface area contributed by atoms with Gasteiger partial charge in [-0.05, 0) is 55.5 Å². The summed E-state index contributed by atoms with van der Waals surface area (Å²) in [4.78, 5) is 8.48. The van der Waals surface area contributed by atoms with Crippen LogP contribution in [0, 0.1) is 19.8 Å². The zero-order chi connectivity index (χ0) is 20.5. The summed E-state index contributed by atoms with van der Waals surface area (Å²) in [7, 11) is 1.79. The van der Waals surface area contributed by atoms with Crippen LogP contribution in [-0.4, -0.2) is 44.4 Å². The fraction of sp³-hybridized carbons (Fsp3) is 0.478. The smallest absolute Gasteiger partial charge is 0.191 e. The molecule has 3 rings (SSSR count).